The molecule has 3 rings (SSSR count). The molecule has 2 amide bonds. The molecule has 5 nitrogen and oxygen atoms in total. The van der Waals surface area contributed by atoms with Crippen molar-refractivity contribution in [1.82, 2.24) is 10.2 Å². The molecule has 1 N–H and O–H groups in total. The van der Waals surface area contributed by atoms with Crippen LogP contribution in [0, 0.1) is 5.92 Å². The van der Waals surface area contributed by atoms with Gasteiger partial charge in [-0.25, -0.2) is 4.79 Å². The molecule has 0 saturated carbocycles. The van der Waals surface area contributed by atoms with Crippen LogP contribution in [0.1, 0.15) is 44.6 Å². The average molecular weight is 360 g/mol. The highest BCUT2D eigenvalue weighted by atomic mass is 16.5. The number of amides is 2. The quantitative estimate of drug-likeness (QED) is 0.789. The molecule has 1 aromatic rings. The molecule has 2 fully saturated rings. The Bertz CT molecular complexity index is 556. The lowest BCUT2D eigenvalue weighted by atomic mass is 9.78. The maximum atomic E-state index is 12.0. The van der Waals surface area contributed by atoms with Gasteiger partial charge in [-0.2, -0.15) is 0 Å². The number of piperidine rings is 1. The molecule has 26 heavy (non-hydrogen) atoms. The van der Waals surface area contributed by atoms with Crippen molar-refractivity contribution in [1.29, 1.82) is 0 Å². The third-order valence-electron chi connectivity index (χ3n) is 5.67. The number of rotatable bonds is 6. The molecule has 2 saturated heterocycles. The van der Waals surface area contributed by atoms with Crippen LogP contribution in [0.15, 0.2) is 30.3 Å². The number of nitrogens with zero attached hydrogens (tertiary/aromatic N) is 1. The van der Waals surface area contributed by atoms with Crippen molar-refractivity contribution in [3.63, 3.8) is 0 Å². The minimum absolute atomic E-state index is 0.0225. The van der Waals surface area contributed by atoms with Gasteiger partial charge in [-0.3, -0.25) is 0 Å². The lowest BCUT2D eigenvalue weighted by Crippen LogP contribution is -2.52. The van der Waals surface area contributed by atoms with Gasteiger partial charge in [0.2, 0.25) is 0 Å². The summed E-state index contributed by atoms with van der Waals surface area (Å²) in [5.41, 5.74) is 1.21. The fourth-order valence-corrected chi connectivity index (χ4v) is 4.12. The van der Waals surface area contributed by atoms with E-state index in [0.717, 1.165) is 58.4 Å². The van der Waals surface area contributed by atoms with E-state index in [1.165, 1.54) is 5.56 Å². The highest BCUT2D eigenvalue weighted by Gasteiger charge is 2.40. The number of hydrogen-bond donors (Lipinski definition) is 1. The summed E-state index contributed by atoms with van der Waals surface area (Å²) in [4.78, 5) is 13.9. The van der Waals surface area contributed by atoms with Crippen LogP contribution in [0.5, 0.6) is 0 Å². The Balaban J connectivity index is 1.39. The molecule has 0 bridgehead atoms. The number of carbonyl (C=O) groups excluding carboxylic acids is 1. The van der Waals surface area contributed by atoms with E-state index in [0.29, 0.717) is 19.1 Å². The lowest BCUT2D eigenvalue weighted by molar-refractivity contribution is -0.125. The van der Waals surface area contributed by atoms with Crippen LogP contribution >= 0.6 is 0 Å². The van der Waals surface area contributed by atoms with E-state index in [-0.39, 0.29) is 11.6 Å². The SMILES string of the molecule is CCNC(=O)N1CCC2(CC1)CC(CCOCc1ccccc1)CCO2. The second-order valence-corrected chi connectivity index (χ2v) is 7.54. The maximum Gasteiger partial charge on any atom is 0.317 e. The number of benzene rings is 1. The van der Waals surface area contributed by atoms with E-state index in [2.05, 4.69) is 17.4 Å². The fourth-order valence-electron chi connectivity index (χ4n) is 4.12. The fraction of sp³-hybridized carbons (Fsp3) is 0.667. The van der Waals surface area contributed by atoms with E-state index in [1.54, 1.807) is 0 Å². The Kier molecular flexibility index (Phi) is 6.92. The predicted octanol–water partition coefficient (Wildman–Crippen LogP) is 3.58. The standard InChI is InChI=1S/C21H32N2O3/c1-2-22-20(24)23-12-10-21(11-13-23)16-18(9-15-26-21)8-14-25-17-19-6-4-3-5-7-19/h3-7,18H,2,8-17H2,1H3,(H,22,24). The zero-order valence-electron chi connectivity index (χ0n) is 15.9. The third-order valence-corrected chi connectivity index (χ3v) is 5.67. The summed E-state index contributed by atoms with van der Waals surface area (Å²) < 4.78 is 12.1. The summed E-state index contributed by atoms with van der Waals surface area (Å²) in [6, 6.07) is 10.4. The van der Waals surface area contributed by atoms with Crippen LogP contribution in [0.4, 0.5) is 4.79 Å². The van der Waals surface area contributed by atoms with E-state index >= 15 is 0 Å². The molecule has 1 atom stereocenters. The Morgan fingerprint density at radius 1 is 1.31 bits per heavy atom. The van der Waals surface area contributed by atoms with Gasteiger partial charge in [0.25, 0.3) is 0 Å². The monoisotopic (exact) mass is 360 g/mol. The molecule has 0 radical (unpaired) electrons. The van der Waals surface area contributed by atoms with Crippen LogP contribution < -0.4 is 5.32 Å². The van der Waals surface area contributed by atoms with E-state index in [1.807, 2.05) is 30.0 Å². The number of hydrogen-bond acceptors (Lipinski definition) is 3. The molecule has 0 aliphatic carbocycles. The highest BCUT2D eigenvalue weighted by molar-refractivity contribution is 5.74. The predicted molar refractivity (Wildman–Crippen MR) is 102 cm³/mol. The van der Waals surface area contributed by atoms with Crippen LogP contribution in [0.3, 0.4) is 0 Å². The summed E-state index contributed by atoms with van der Waals surface area (Å²) in [6.45, 7) is 6.56. The Morgan fingerprint density at radius 3 is 2.81 bits per heavy atom. The summed E-state index contributed by atoms with van der Waals surface area (Å²) >= 11 is 0. The first kappa shape index (κ1) is 19.2. The summed E-state index contributed by atoms with van der Waals surface area (Å²) in [5, 5.41) is 2.89. The van der Waals surface area contributed by atoms with Crippen molar-refractivity contribution in [3.8, 4) is 0 Å². The largest absolute Gasteiger partial charge is 0.377 e. The molecule has 5 heteroatoms. The van der Waals surface area contributed by atoms with Gasteiger partial charge in [0.15, 0.2) is 0 Å². The molecule has 2 heterocycles. The van der Waals surface area contributed by atoms with Gasteiger partial charge in [-0.1, -0.05) is 30.3 Å². The number of urea groups is 1. The first-order valence-corrected chi connectivity index (χ1v) is 9.99. The van der Waals surface area contributed by atoms with E-state index in [9.17, 15) is 4.79 Å². The summed E-state index contributed by atoms with van der Waals surface area (Å²) in [7, 11) is 0. The Morgan fingerprint density at radius 2 is 2.08 bits per heavy atom. The molecule has 2 aliphatic rings. The van der Waals surface area contributed by atoms with Crippen LogP contribution in [0.2, 0.25) is 0 Å². The minimum Gasteiger partial charge on any atom is -0.377 e. The number of likely N-dealkylation sites (tertiary alicyclic amines) is 1. The Labute approximate surface area is 157 Å². The number of ether oxygens (including phenoxy) is 2. The van der Waals surface area contributed by atoms with Gasteiger partial charge < -0.3 is 19.7 Å². The molecule has 1 spiro atoms. The maximum absolute atomic E-state index is 12.0. The van der Waals surface area contributed by atoms with Gasteiger partial charge in [0.1, 0.15) is 0 Å². The summed E-state index contributed by atoms with van der Waals surface area (Å²) in [5.74, 6) is 0.663. The van der Waals surface area contributed by atoms with Crippen LogP contribution in [-0.4, -0.2) is 49.4 Å². The molecule has 144 valence electrons. The van der Waals surface area contributed by atoms with Crippen molar-refractivity contribution >= 4 is 6.03 Å². The second-order valence-electron chi connectivity index (χ2n) is 7.54. The van der Waals surface area contributed by atoms with Gasteiger partial charge in [-0.05, 0) is 50.5 Å². The number of nitrogens with one attached hydrogen (secondary N) is 1. The smallest absolute Gasteiger partial charge is 0.317 e. The van der Waals surface area contributed by atoms with Gasteiger partial charge >= 0.3 is 6.03 Å². The van der Waals surface area contributed by atoms with Crippen LogP contribution in [-0.2, 0) is 16.1 Å². The van der Waals surface area contributed by atoms with E-state index in [4.69, 9.17) is 9.47 Å². The van der Waals surface area contributed by atoms with Crippen LogP contribution in [0.25, 0.3) is 0 Å². The van der Waals surface area contributed by atoms with Gasteiger partial charge in [0.05, 0.1) is 12.2 Å². The molecule has 2 aliphatic heterocycles. The topological polar surface area (TPSA) is 50.8 Å². The Hall–Kier alpha value is -1.59. The molecule has 0 aromatic heterocycles. The zero-order chi connectivity index (χ0) is 18.2. The van der Waals surface area contributed by atoms with Crippen molar-refractivity contribution in [2.45, 2.75) is 51.2 Å². The van der Waals surface area contributed by atoms with Crippen molar-refractivity contribution in [2.24, 2.45) is 5.92 Å². The highest BCUT2D eigenvalue weighted by Crippen LogP contribution is 2.38. The van der Waals surface area contributed by atoms with Crippen molar-refractivity contribution in [2.75, 3.05) is 32.8 Å². The van der Waals surface area contributed by atoms with Crippen molar-refractivity contribution < 1.29 is 14.3 Å². The second kappa shape index (κ2) is 9.38. The molecular formula is C21H32N2O3. The minimum atomic E-state index is -0.0225. The molecule has 1 aromatic carbocycles. The van der Waals surface area contributed by atoms with Gasteiger partial charge in [-0.15, -0.1) is 0 Å². The molecular weight excluding hydrogens is 328 g/mol. The average Bonchev–Trinajstić information content (AvgIpc) is 2.67. The third kappa shape index (κ3) is 5.21. The first-order valence-electron chi connectivity index (χ1n) is 9.99. The van der Waals surface area contributed by atoms with Gasteiger partial charge in [0, 0.05) is 32.8 Å². The van der Waals surface area contributed by atoms with Crippen molar-refractivity contribution in [3.05, 3.63) is 35.9 Å². The van der Waals surface area contributed by atoms with E-state index < -0.39 is 0 Å². The molecule has 1 unspecified atom stereocenters. The zero-order valence-corrected chi connectivity index (χ0v) is 15.9. The summed E-state index contributed by atoms with van der Waals surface area (Å²) in [6.07, 6.45) is 5.22. The first-order chi connectivity index (χ1) is 12.7. The lowest BCUT2D eigenvalue weighted by Gasteiger charge is -2.46. The normalized spacial score (nSPS) is 22.3. The number of carbonyl (C=O) groups is 1.